The summed E-state index contributed by atoms with van der Waals surface area (Å²) in [6, 6.07) is 12.6. The summed E-state index contributed by atoms with van der Waals surface area (Å²) >= 11 is 0. The molecule has 0 aromatic heterocycles. The van der Waals surface area contributed by atoms with Gasteiger partial charge in [-0.2, -0.15) is 8.78 Å². The van der Waals surface area contributed by atoms with Crippen LogP contribution in [-0.4, -0.2) is 24.8 Å². The number of halogens is 2. The highest BCUT2D eigenvalue weighted by Gasteiger charge is 2.11. The first kappa shape index (κ1) is 17.4. The largest absolute Gasteiger partial charge is 0.433 e. The minimum absolute atomic E-state index is 0.0822. The zero-order valence-corrected chi connectivity index (χ0v) is 12.9. The fourth-order valence-electron chi connectivity index (χ4n) is 1.99. The molecule has 0 unspecified atom stereocenters. The number of anilines is 2. The van der Waals surface area contributed by atoms with Crippen LogP contribution in [0.25, 0.3) is 0 Å². The van der Waals surface area contributed by atoms with Gasteiger partial charge < -0.3 is 15.4 Å². The standard InChI is InChI=1S/C17H16F2N2O3/c1-11(22)12-5-4-6-13(9-12)20-10-16(23)21-14-7-2-3-8-15(14)24-17(18)19/h2-9,17,20H,10H2,1H3,(H,21,23). The highest BCUT2D eigenvalue weighted by molar-refractivity contribution is 5.96. The number of carbonyl (C=O) groups is 2. The molecular weight excluding hydrogens is 318 g/mol. The van der Waals surface area contributed by atoms with Crippen molar-refractivity contribution in [1.82, 2.24) is 0 Å². The van der Waals surface area contributed by atoms with E-state index in [1.54, 1.807) is 30.3 Å². The fourth-order valence-corrected chi connectivity index (χ4v) is 1.99. The minimum atomic E-state index is -2.98. The number of ketones is 1. The Kier molecular flexibility index (Phi) is 5.83. The predicted octanol–water partition coefficient (Wildman–Crippen LogP) is 3.54. The Morgan fingerprint density at radius 3 is 2.58 bits per heavy atom. The Hall–Kier alpha value is -2.96. The molecule has 24 heavy (non-hydrogen) atoms. The second kappa shape index (κ2) is 8.05. The van der Waals surface area contributed by atoms with Crippen LogP contribution in [0, 0.1) is 0 Å². The molecule has 0 atom stereocenters. The summed E-state index contributed by atoms with van der Waals surface area (Å²) in [6.07, 6.45) is 0. The summed E-state index contributed by atoms with van der Waals surface area (Å²) in [5, 5.41) is 5.36. The third-order valence-electron chi connectivity index (χ3n) is 3.10. The zero-order valence-electron chi connectivity index (χ0n) is 12.9. The SMILES string of the molecule is CC(=O)c1cccc(NCC(=O)Nc2ccccc2OC(F)F)c1. The van der Waals surface area contributed by atoms with Crippen molar-refractivity contribution in [2.45, 2.75) is 13.5 Å². The number of nitrogens with one attached hydrogen (secondary N) is 2. The molecule has 0 fully saturated rings. The van der Waals surface area contributed by atoms with E-state index in [0.29, 0.717) is 11.3 Å². The molecule has 126 valence electrons. The van der Waals surface area contributed by atoms with Crippen molar-refractivity contribution < 1.29 is 23.1 Å². The number of hydrogen-bond acceptors (Lipinski definition) is 4. The number of benzene rings is 2. The molecule has 0 saturated carbocycles. The van der Waals surface area contributed by atoms with Gasteiger partial charge in [-0.3, -0.25) is 9.59 Å². The van der Waals surface area contributed by atoms with E-state index in [4.69, 9.17) is 0 Å². The molecule has 0 bridgehead atoms. The van der Waals surface area contributed by atoms with Crippen LogP contribution in [0.5, 0.6) is 5.75 Å². The normalized spacial score (nSPS) is 10.3. The van der Waals surface area contributed by atoms with Gasteiger partial charge in [-0.05, 0) is 31.2 Å². The molecule has 5 nitrogen and oxygen atoms in total. The Bertz CT molecular complexity index is 735. The van der Waals surface area contributed by atoms with Gasteiger partial charge in [0.2, 0.25) is 5.91 Å². The molecular formula is C17H16F2N2O3. The molecule has 1 amide bonds. The van der Waals surface area contributed by atoms with E-state index in [2.05, 4.69) is 15.4 Å². The molecule has 0 spiro atoms. The maximum atomic E-state index is 12.3. The van der Waals surface area contributed by atoms with Crippen molar-refractivity contribution >= 4 is 23.1 Å². The lowest BCUT2D eigenvalue weighted by Crippen LogP contribution is -2.22. The highest BCUT2D eigenvalue weighted by Crippen LogP contribution is 2.25. The minimum Gasteiger partial charge on any atom is -0.433 e. The Morgan fingerprint density at radius 1 is 1.12 bits per heavy atom. The summed E-state index contributed by atoms with van der Waals surface area (Å²) in [5.41, 5.74) is 1.29. The summed E-state index contributed by atoms with van der Waals surface area (Å²) in [5.74, 6) is -0.630. The number of alkyl halides is 2. The van der Waals surface area contributed by atoms with Gasteiger partial charge in [-0.25, -0.2) is 0 Å². The maximum Gasteiger partial charge on any atom is 0.387 e. The monoisotopic (exact) mass is 334 g/mol. The van der Waals surface area contributed by atoms with Gasteiger partial charge in [0.05, 0.1) is 12.2 Å². The van der Waals surface area contributed by atoms with Crippen LogP contribution in [0.15, 0.2) is 48.5 Å². The second-order valence-electron chi connectivity index (χ2n) is 4.91. The molecule has 0 aliphatic rings. The quantitative estimate of drug-likeness (QED) is 0.760. The zero-order chi connectivity index (χ0) is 17.5. The van der Waals surface area contributed by atoms with E-state index in [-0.39, 0.29) is 23.8 Å². The molecule has 2 aromatic rings. The van der Waals surface area contributed by atoms with Gasteiger partial charge in [0.1, 0.15) is 5.75 Å². The van der Waals surface area contributed by atoms with Crippen molar-refractivity contribution in [3.63, 3.8) is 0 Å². The fraction of sp³-hybridized carbons (Fsp3) is 0.176. The number of rotatable bonds is 7. The number of ether oxygens (including phenoxy) is 1. The Balaban J connectivity index is 1.97. The van der Waals surface area contributed by atoms with Crippen LogP contribution < -0.4 is 15.4 Å². The molecule has 0 heterocycles. The number of hydrogen-bond donors (Lipinski definition) is 2. The smallest absolute Gasteiger partial charge is 0.387 e. The van der Waals surface area contributed by atoms with Crippen molar-refractivity contribution in [3.05, 3.63) is 54.1 Å². The third-order valence-corrected chi connectivity index (χ3v) is 3.10. The lowest BCUT2D eigenvalue weighted by molar-refractivity contribution is -0.114. The van der Waals surface area contributed by atoms with Crippen LogP contribution in [0.4, 0.5) is 20.2 Å². The van der Waals surface area contributed by atoms with E-state index < -0.39 is 12.5 Å². The first-order chi connectivity index (χ1) is 11.5. The molecule has 7 heteroatoms. The van der Waals surface area contributed by atoms with E-state index in [1.165, 1.54) is 25.1 Å². The van der Waals surface area contributed by atoms with Gasteiger partial charge in [-0.15, -0.1) is 0 Å². The maximum absolute atomic E-state index is 12.3. The van der Waals surface area contributed by atoms with Crippen LogP contribution in [-0.2, 0) is 4.79 Å². The van der Waals surface area contributed by atoms with Gasteiger partial charge >= 0.3 is 6.61 Å². The Morgan fingerprint density at radius 2 is 1.88 bits per heavy atom. The Labute approximate surface area is 137 Å². The molecule has 2 aromatic carbocycles. The van der Waals surface area contributed by atoms with Crippen molar-refractivity contribution in [2.24, 2.45) is 0 Å². The van der Waals surface area contributed by atoms with Crippen LogP contribution in [0.3, 0.4) is 0 Å². The van der Waals surface area contributed by atoms with E-state index in [9.17, 15) is 18.4 Å². The molecule has 0 aliphatic heterocycles. The van der Waals surface area contributed by atoms with Crippen LogP contribution in [0.1, 0.15) is 17.3 Å². The average molecular weight is 334 g/mol. The molecule has 2 rings (SSSR count). The number of amides is 1. The topological polar surface area (TPSA) is 67.4 Å². The molecule has 0 aliphatic carbocycles. The summed E-state index contributed by atoms with van der Waals surface area (Å²) < 4.78 is 29.0. The average Bonchev–Trinajstić information content (AvgIpc) is 2.54. The van der Waals surface area contributed by atoms with Gasteiger partial charge in [0.15, 0.2) is 5.78 Å². The molecule has 0 radical (unpaired) electrons. The van der Waals surface area contributed by atoms with Crippen LogP contribution >= 0.6 is 0 Å². The molecule has 2 N–H and O–H groups in total. The lowest BCUT2D eigenvalue weighted by Gasteiger charge is -2.12. The summed E-state index contributed by atoms with van der Waals surface area (Å²) in [6.45, 7) is -1.62. The highest BCUT2D eigenvalue weighted by atomic mass is 19.3. The van der Waals surface area contributed by atoms with Crippen LogP contribution in [0.2, 0.25) is 0 Å². The second-order valence-corrected chi connectivity index (χ2v) is 4.91. The number of Topliss-reactive ketones (excluding diaryl/α,β-unsaturated/α-hetero) is 1. The van der Waals surface area contributed by atoms with E-state index in [0.717, 1.165) is 0 Å². The van der Waals surface area contributed by atoms with E-state index in [1.807, 2.05) is 0 Å². The number of carbonyl (C=O) groups excluding carboxylic acids is 2. The lowest BCUT2D eigenvalue weighted by atomic mass is 10.1. The summed E-state index contributed by atoms with van der Waals surface area (Å²) in [7, 11) is 0. The first-order valence-electron chi connectivity index (χ1n) is 7.14. The van der Waals surface area contributed by atoms with E-state index >= 15 is 0 Å². The summed E-state index contributed by atoms with van der Waals surface area (Å²) in [4.78, 5) is 23.3. The number of para-hydroxylation sites is 2. The molecule has 0 saturated heterocycles. The van der Waals surface area contributed by atoms with Gasteiger partial charge in [-0.1, -0.05) is 24.3 Å². The van der Waals surface area contributed by atoms with Crippen molar-refractivity contribution in [2.75, 3.05) is 17.2 Å². The van der Waals surface area contributed by atoms with Gasteiger partial charge in [0, 0.05) is 11.3 Å². The van der Waals surface area contributed by atoms with Crippen molar-refractivity contribution in [3.8, 4) is 5.75 Å². The third kappa shape index (κ3) is 5.05. The first-order valence-corrected chi connectivity index (χ1v) is 7.14. The van der Waals surface area contributed by atoms with Gasteiger partial charge in [0.25, 0.3) is 0 Å². The van der Waals surface area contributed by atoms with Crippen molar-refractivity contribution in [1.29, 1.82) is 0 Å². The predicted molar refractivity (Wildman–Crippen MR) is 86.6 cm³/mol.